The zero-order valence-electron chi connectivity index (χ0n) is 67.8. The van der Waals surface area contributed by atoms with E-state index in [1.54, 1.807) is 33.4 Å². The number of hydrogen-bond acceptors (Lipinski definition) is 4. The number of benzene rings is 16. The highest BCUT2D eigenvalue weighted by Crippen LogP contribution is 2.56. The summed E-state index contributed by atoms with van der Waals surface area (Å²) >= 11 is 0. The molecule has 2 atom stereocenters. The van der Waals surface area contributed by atoms with Crippen LogP contribution in [0, 0.1) is 0 Å². The summed E-state index contributed by atoms with van der Waals surface area (Å²) in [6.45, 7) is 5.29. The van der Waals surface area contributed by atoms with Gasteiger partial charge in [0.1, 0.15) is 0 Å². The average Bonchev–Trinajstić information content (AvgIpc) is 1.59. The van der Waals surface area contributed by atoms with Crippen molar-refractivity contribution >= 4 is 132 Å². The van der Waals surface area contributed by atoms with E-state index in [9.17, 15) is 0 Å². The quantitative estimate of drug-likeness (QED) is 0.0672. The normalized spacial score (nSPS) is 13.6. The van der Waals surface area contributed by atoms with E-state index >= 15 is 0 Å². The first-order valence-corrected chi connectivity index (χ1v) is 50.2. The van der Waals surface area contributed by atoms with Gasteiger partial charge >= 0.3 is 0 Å². The van der Waals surface area contributed by atoms with Gasteiger partial charge in [-0.05, 0) is 253 Å². The second kappa shape index (κ2) is 38.8. The van der Waals surface area contributed by atoms with Gasteiger partial charge in [0.2, 0.25) is 13.6 Å². The van der Waals surface area contributed by atoms with Gasteiger partial charge in [-0.15, -0.1) is 0 Å². The lowest BCUT2D eigenvalue weighted by molar-refractivity contribution is 0.173. The highest BCUT2D eigenvalue weighted by molar-refractivity contribution is 7.82. The first-order chi connectivity index (χ1) is 59.5. The Kier molecular flexibility index (Phi) is 26.0. The topological polar surface area (TPSA) is 36.9 Å². The highest BCUT2D eigenvalue weighted by atomic mass is 31.1. The molecule has 0 saturated carbocycles. The maximum Gasteiger partial charge on any atom is 0.231 e. The van der Waals surface area contributed by atoms with Crippen LogP contribution in [0.15, 0.2) is 413 Å². The van der Waals surface area contributed by atoms with Gasteiger partial charge in [0.15, 0.2) is 23.0 Å². The second-order valence-corrected chi connectivity index (χ2v) is 44.5. The fraction of sp³-hybridized carbons (Fsp3) is 0.127. The molecular weight excluding hydrogens is 1570 g/mol. The molecule has 4 aliphatic rings. The molecular formula is C110H96O4P6. The average molecular weight is 1670 g/mol. The minimum absolute atomic E-state index is 0.175. The molecule has 0 saturated heterocycles. The monoisotopic (exact) mass is 1670 g/mol. The molecule has 16 aromatic carbocycles. The van der Waals surface area contributed by atoms with E-state index in [0.717, 1.165) is 34.1 Å². The van der Waals surface area contributed by atoms with Gasteiger partial charge < -0.3 is 18.9 Å². The van der Waals surface area contributed by atoms with Gasteiger partial charge in [0.25, 0.3) is 0 Å². The molecule has 0 aromatic heterocycles. The summed E-state index contributed by atoms with van der Waals surface area (Å²) in [5, 5.41) is 22.1. The summed E-state index contributed by atoms with van der Waals surface area (Å²) < 4.78 is 24.7. The van der Waals surface area contributed by atoms with Gasteiger partial charge in [-0.2, -0.15) is 0 Å². The molecule has 0 bridgehead atoms. The van der Waals surface area contributed by atoms with Crippen LogP contribution < -0.4 is 104 Å². The van der Waals surface area contributed by atoms with E-state index in [-0.39, 0.29) is 13.6 Å². The molecule has 0 fully saturated rings. The number of fused-ring (bicyclic) bond motifs is 4. The Bertz CT molecular complexity index is 5420. The van der Waals surface area contributed by atoms with Crippen molar-refractivity contribution in [1.29, 1.82) is 0 Å². The number of ether oxygens (including phenoxy) is 4. The molecule has 0 amide bonds. The first-order valence-electron chi connectivity index (χ1n) is 42.0. The van der Waals surface area contributed by atoms with E-state index in [1.807, 2.05) is 0 Å². The molecule has 0 radical (unpaired) electrons. The lowest BCUT2D eigenvalue weighted by Gasteiger charge is -2.35. The van der Waals surface area contributed by atoms with Crippen LogP contribution in [0.4, 0.5) is 0 Å². The molecule has 120 heavy (non-hydrogen) atoms. The van der Waals surface area contributed by atoms with Crippen LogP contribution in [-0.4, -0.2) is 24.9 Å². The standard InChI is InChI=1S/C44H40P2.C38H28O4P2.C28H28P2/c1-5-19-35(20-6-1)45(36-21-7-2-8-22-36)41-31-29-33-17-13-15-27-39(33)43(41)44-40-28-16-14-18-34(40)30-32-42(44)46(37-23-9-3-10-24-37)38-25-11-4-12-26-38;1-5-13-27(14-6-1)43(28-15-7-2-8-16-28)33-23-21-31-37(41-25-39-31)35(33)36-34(24-22-32-38(36)42-26-40-32)44(29-17-9-3-10-18-29)30-19-11-4-12-20-30;1-23(29(25-15-7-3-8-16-25)26-17-9-4-10-18-26)24(2)30(27-19-11-5-12-20-27)28-21-13-6-14-22-28/h1-12,19-26,29-32H,13-18,27-28H2;1-24H,25-26H2;3-24H,1-2H3. The Balaban J connectivity index is 0.000000126. The zero-order chi connectivity index (χ0) is 80.8. The Morgan fingerprint density at radius 1 is 0.200 bits per heavy atom. The zero-order valence-corrected chi connectivity index (χ0v) is 73.2. The smallest absolute Gasteiger partial charge is 0.231 e. The van der Waals surface area contributed by atoms with Gasteiger partial charge in [0.05, 0.1) is 0 Å². The van der Waals surface area contributed by atoms with Crippen molar-refractivity contribution in [3.8, 4) is 45.3 Å². The SMILES string of the molecule is CC(C(C)P(c1ccccc1)c1ccccc1)P(c1ccccc1)c1ccccc1.c1ccc(P(c2ccccc2)c2ccc3c(c2-c2c(P(c4ccccc4)c4ccccc4)ccc4c2CCCC4)CCCC3)cc1.c1ccc(P(c2ccccc2)c2ccc3c(c2-c2c(P(c4ccccc4)c4ccccc4)ccc4c2OCO4)OCO3)cc1. The maximum absolute atomic E-state index is 6.35. The van der Waals surface area contributed by atoms with Crippen LogP contribution in [0.2, 0.25) is 0 Å². The van der Waals surface area contributed by atoms with Crippen molar-refractivity contribution in [3.05, 3.63) is 435 Å². The maximum atomic E-state index is 6.35. The van der Waals surface area contributed by atoms with E-state index in [0.29, 0.717) is 11.3 Å². The van der Waals surface area contributed by atoms with Crippen LogP contribution in [0.5, 0.6) is 23.0 Å². The van der Waals surface area contributed by atoms with Gasteiger partial charge in [-0.1, -0.05) is 402 Å². The summed E-state index contributed by atoms with van der Waals surface area (Å²) in [4.78, 5) is 0. The third-order valence-corrected chi connectivity index (χ3v) is 39.4. The molecule has 2 heterocycles. The van der Waals surface area contributed by atoms with Crippen molar-refractivity contribution < 1.29 is 18.9 Å². The van der Waals surface area contributed by atoms with E-state index < -0.39 is 47.5 Å². The predicted octanol–water partition coefficient (Wildman–Crippen LogP) is 21.0. The van der Waals surface area contributed by atoms with Gasteiger partial charge in [-0.25, -0.2) is 0 Å². The van der Waals surface area contributed by atoms with Gasteiger partial charge in [0, 0.05) is 11.1 Å². The molecule has 4 nitrogen and oxygen atoms in total. The van der Waals surface area contributed by atoms with E-state index in [1.165, 1.54) is 136 Å². The number of aryl methyl sites for hydroxylation is 2. The summed E-state index contributed by atoms with van der Waals surface area (Å²) in [6, 6.07) is 152. The number of rotatable bonds is 21. The van der Waals surface area contributed by atoms with Crippen molar-refractivity contribution in [1.82, 2.24) is 0 Å². The summed E-state index contributed by atoms with van der Waals surface area (Å²) in [6.07, 6.45) is 9.84. The van der Waals surface area contributed by atoms with Crippen molar-refractivity contribution in [3.63, 3.8) is 0 Å². The molecule has 2 aliphatic heterocycles. The van der Waals surface area contributed by atoms with Crippen molar-refractivity contribution in [2.45, 2.75) is 76.5 Å². The minimum Gasteiger partial charge on any atom is -0.454 e. The van der Waals surface area contributed by atoms with Crippen molar-refractivity contribution in [2.75, 3.05) is 13.6 Å². The fourth-order valence-corrected chi connectivity index (χ4v) is 33.7. The van der Waals surface area contributed by atoms with E-state index in [2.05, 4.69) is 426 Å². The van der Waals surface area contributed by atoms with Crippen LogP contribution in [0.25, 0.3) is 22.3 Å². The molecule has 2 unspecified atom stereocenters. The molecule has 0 spiro atoms. The van der Waals surface area contributed by atoms with Crippen molar-refractivity contribution in [2.24, 2.45) is 0 Å². The summed E-state index contributed by atoms with van der Waals surface area (Å²) in [5.41, 5.74) is 12.7. The Morgan fingerprint density at radius 2 is 0.400 bits per heavy atom. The molecule has 16 aromatic rings. The molecule has 20 rings (SSSR count). The van der Waals surface area contributed by atoms with Gasteiger partial charge in [-0.3, -0.25) is 0 Å². The lowest BCUT2D eigenvalue weighted by Crippen LogP contribution is -2.31. The summed E-state index contributed by atoms with van der Waals surface area (Å²) in [5.74, 6) is 2.99. The Hall–Kier alpha value is -10.7. The Labute approximate surface area is 716 Å². The number of hydrogen-bond donors (Lipinski definition) is 0. The predicted molar refractivity (Wildman–Crippen MR) is 521 cm³/mol. The van der Waals surface area contributed by atoms with Crippen LogP contribution in [0.3, 0.4) is 0 Å². The van der Waals surface area contributed by atoms with Crippen LogP contribution >= 0.6 is 47.5 Å². The molecule has 10 heteroatoms. The third kappa shape index (κ3) is 17.5. The fourth-order valence-electron chi connectivity index (χ4n) is 17.7. The largest absolute Gasteiger partial charge is 0.454 e. The second-order valence-electron chi connectivity index (χ2n) is 30.6. The molecule has 0 N–H and O–H groups in total. The molecule has 590 valence electrons. The third-order valence-electron chi connectivity index (χ3n) is 23.3. The Morgan fingerprint density at radius 3 is 0.633 bits per heavy atom. The minimum atomic E-state index is -0.968. The van der Waals surface area contributed by atoms with E-state index in [4.69, 9.17) is 18.9 Å². The first kappa shape index (κ1) is 80.4. The molecule has 2 aliphatic carbocycles. The van der Waals surface area contributed by atoms with Crippen LogP contribution in [-0.2, 0) is 25.7 Å². The lowest BCUT2D eigenvalue weighted by atomic mass is 9.81. The highest BCUT2D eigenvalue weighted by Gasteiger charge is 2.38. The summed E-state index contributed by atoms with van der Waals surface area (Å²) in [7, 11) is -4.34. The van der Waals surface area contributed by atoms with Crippen LogP contribution in [0.1, 0.15) is 61.8 Å².